The van der Waals surface area contributed by atoms with Crippen LogP contribution in [0.1, 0.15) is 46.5 Å². The molecule has 8 nitrogen and oxygen atoms in total. The van der Waals surface area contributed by atoms with Gasteiger partial charge in [0.25, 0.3) is 11.8 Å². The number of carbonyl (C=O) groups excluding carboxylic acids is 2. The van der Waals surface area contributed by atoms with Crippen LogP contribution in [0.5, 0.6) is 0 Å². The number of hydrogen-bond acceptors (Lipinski definition) is 6. The maximum atomic E-state index is 13.5. The van der Waals surface area contributed by atoms with Gasteiger partial charge in [-0.05, 0) is 62.7 Å². The quantitative estimate of drug-likeness (QED) is 0.508. The molecule has 0 aliphatic heterocycles. The average molecular weight is 459 g/mol. The molecule has 2 amide bonds. The number of anilines is 1. The number of hydrogen-bond donors (Lipinski definition) is 4. The second-order valence-corrected chi connectivity index (χ2v) is 7.63. The van der Waals surface area contributed by atoms with Crippen molar-refractivity contribution in [2.24, 2.45) is 0 Å². The molecule has 0 radical (unpaired) electrons. The second kappa shape index (κ2) is 9.59. The summed E-state index contributed by atoms with van der Waals surface area (Å²) in [5.74, 6) is -1.64. The highest BCUT2D eigenvalue weighted by Gasteiger charge is 2.38. The van der Waals surface area contributed by atoms with E-state index in [9.17, 15) is 27.9 Å². The summed E-state index contributed by atoms with van der Waals surface area (Å²) >= 11 is 0. The Hall–Kier alpha value is -4.09. The molecule has 0 spiro atoms. The van der Waals surface area contributed by atoms with Crippen molar-refractivity contribution in [1.82, 2.24) is 10.9 Å². The van der Waals surface area contributed by atoms with Crippen molar-refractivity contribution in [2.75, 3.05) is 5.32 Å². The molecule has 0 bridgehead atoms. The SMILES string of the molecule is Cc1c(N[C@@H](C(=O)NNC(=O)c2ccc(C#N)cc2)C(C)(C)O)ccc(C#N)c1C(F)(F)F. The predicted molar refractivity (Wildman–Crippen MR) is 111 cm³/mol. The Morgan fingerprint density at radius 2 is 1.61 bits per heavy atom. The molecule has 0 heterocycles. The van der Waals surface area contributed by atoms with E-state index in [1.165, 1.54) is 50.2 Å². The van der Waals surface area contributed by atoms with Gasteiger partial charge in [-0.25, -0.2) is 0 Å². The molecule has 0 aliphatic carbocycles. The van der Waals surface area contributed by atoms with E-state index in [0.29, 0.717) is 5.56 Å². The van der Waals surface area contributed by atoms with Gasteiger partial charge in [-0.3, -0.25) is 20.4 Å². The van der Waals surface area contributed by atoms with Gasteiger partial charge >= 0.3 is 6.18 Å². The lowest BCUT2D eigenvalue weighted by Crippen LogP contribution is -2.56. The van der Waals surface area contributed by atoms with Gasteiger partial charge in [0.15, 0.2) is 0 Å². The predicted octanol–water partition coefficient (Wildman–Crippen LogP) is 2.77. The maximum Gasteiger partial charge on any atom is 0.418 e. The molecule has 0 aromatic heterocycles. The topological polar surface area (TPSA) is 138 Å². The highest BCUT2D eigenvalue weighted by atomic mass is 19.4. The van der Waals surface area contributed by atoms with E-state index in [1.54, 1.807) is 0 Å². The summed E-state index contributed by atoms with van der Waals surface area (Å²) in [7, 11) is 0. The Kier molecular flexibility index (Phi) is 7.31. The molecule has 172 valence electrons. The van der Waals surface area contributed by atoms with Gasteiger partial charge < -0.3 is 10.4 Å². The van der Waals surface area contributed by atoms with E-state index in [2.05, 4.69) is 16.2 Å². The van der Waals surface area contributed by atoms with Crippen molar-refractivity contribution in [2.45, 2.75) is 38.6 Å². The lowest BCUT2D eigenvalue weighted by molar-refractivity contribution is -0.138. The number of amides is 2. The molecule has 33 heavy (non-hydrogen) atoms. The number of halogens is 3. The van der Waals surface area contributed by atoms with E-state index >= 15 is 0 Å². The van der Waals surface area contributed by atoms with Gasteiger partial charge in [0, 0.05) is 11.3 Å². The van der Waals surface area contributed by atoms with Gasteiger partial charge in [-0.2, -0.15) is 23.7 Å². The zero-order valence-corrected chi connectivity index (χ0v) is 17.8. The van der Waals surface area contributed by atoms with Crippen LogP contribution >= 0.6 is 0 Å². The first-order chi connectivity index (χ1) is 15.3. The third-order valence-electron chi connectivity index (χ3n) is 4.71. The maximum absolute atomic E-state index is 13.5. The Bertz CT molecular complexity index is 1140. The minimum Gasteiger partial charge on any atom is -0.388 e. The molecular formula is C22H20F3N5O3. The lowest BCUT2D eigenvalue weighted by Gasteiger charge is -2.31. The van der Waals surface area contributed by atoms with E-state index in [1.807, 2.05) is 6.07 Å². The number of rotatable bonds is 5. The molecule has 0 saturated carbocycles. The fourth-order valence-electron chi connectivity index (χ4n) is 3.00. The fourth-order valence-corrected chi connectivity index (χ4v) is 3.00. The normalized spacial score (nSPS) is 12.2. The lowest BCUT2D eigenvalue weighted by atomic mass is 9.95. The molecule has 0 aliphatic rings. The zero-order chi connectivity index (χ0) is 25.0. The van der Waals surface area contributed by atoms with Crippen molar-refractivity contribution in [3.63, 3.8) is 0 Å². The molecule has 2 aromatic carbocycles. The molecule has 11 heteroatoms. The second-order valence-electron chi connectivity index (χ2n) is 7.63. The monoisotopic (exact) mass is 459 g/mol. The molecule has 0 saturated heterocycles. The summed E-state index contributed by atoms with van der Waals surface area (Å²) in [6.45, 7) is 3.66. The van der Waals surface area contributed by atoms with Gasteiger partial charge in [0.05, 0.1) is 34.4 Å². The largest absolute Gasteiger partial charge is 0.418 e. The van der Waals surface area contributed by atoms with Crippen LogP contribution in [0.3, 0.4) is 0 Å². The van der Waals surface area contributed by atoms with Crippen molar-refractivity contribution in [3.8, 4) is 12.1 Å². The number of aliphatic hydroxyl groups is 1. The van der Waals surface area contributed by atoms with Crippen molar-refractivity contribution >= 4 is 17.5 Å². The first-order valence-electron chi connectivity index (χ1n) is 9.49. The number of alkyl halides is 3. The van der Waals surface area contributed by atoms with Crippen LogP contribution in [0.15, 0.2) is 36.4 Å². The number of carbonyl (C=O) groups is 2. The molecule has 4 N–H and O–H groups in total. The molecule has 1 atom stereocenters. The van der Waals surface area contributed by atoms with Crippen molar-refractivity contribution < 1.29 is 27.9 Å². The van der Waals surface area contributed by atoms with Crippen LogP contribution in [-0.2, 0) is 11.0 Å². The number of benzene rings is 2. The summed E-state index contributed by atoms with van der Waals surface area (Å²) < 4.78 is 40.4. The number of nitriles is 2. The summed E-state index contributed by atoms with van der Waals surface area (Å²) in [5.41, 5.74) is 0.794. The first-order valence-corrected chi connectivity index (χ1v) is 9.49. The van der Waals surface area contributed by atoms with Gasteiger partial charge in [0.2, 0.25) is 0 Å². The highest BCUT2D eigenvalue weighted by molar-refractivity contribution is 5.96. The smallest absolute Gasteiger partial charge is 0.388 e. The molecule has 2 rings (SSSR count). The van der Waals surface area contributed by atoms with Gasteiger partial charge in [-0.1, -0.05) is 0 Å². The van der Waals surface area contributed by atoms with Crippen molar-refractivity contribution in [1.29, 1.82) is 10.5 Å². The van der Waals surface area contributed by atoms with E-state index < -0.39 is 40.8 Å². The Balaban J connectivity index is 2.25. The zero-order valence-electron chi connectivity index (χ0n) is 17.8. The third-order valence-corrected chi connectivity index (χ3v) is 4.71. The van der Waals surface area contributed by atoms with Crippen LogP contribution in [0.4, 0.5) is 18.9 Å². The first kappa shape index (κ1) is 25.2. The van der Waals surface area contributed by atoms with Crippen molar-refractivity contribution in [3.05, 3.63) is 64.2 Å². The van der Waals surface area contributed by atoms with Crippen LogP contribution in [0.2, 0.25) is 0 Å². The van der Waals surface area contributed by atoms with Gasteiger partial charge in [0.1, 0.15) is 6.04 Å². The Morgan fingerprint density at radius 1 is 1.00 bits per heavy atom. The van der Waals surface area contributed by atoms with Gasteiger partial charge in [-0.15, -0.1) is 0 Å². The third kappa shape index (κ3) is 5.99. The standard InChI is InChI=1S/C22H20F3N5O3/c1-12-16(9-8-15(11-27)17(12)22(23,24)25)28-18(21(2,3)33)20(32)30-29-19(31)14-6-4-13(10-26)5-7-14/h4-9,18,28,33H,1-3H3,(H,29,31)(H,30,32)/t18-/m0/s1. The van der Waals surface area contributed by atoms with Crippen LogP contribution < -0.4 is 16.2 Å². The summed E-state index contributed by atoms with van der Waals surface area (Å²) in [5, 5.41) is 30.8. The summed E-state index contributed by atoms with van der Waals surface area (Å²) in [6, 6.07) is 9.61. The van der Waals surface area contributed by atoms with Crippen LogP contribution in [0.25, 0.3) is 0 Å². The van der Waals surface area contributed by atoms with E-state index in [0.717, 1.165) is 13.0 Å². The average Bonchev–Trinajstić information content (AvgIpc) is 2.74. The highest BCUT2D eigenvalue weighted by Crippen LogP contribution is 2.37. The number of nitrogens with zero attached hydrogens (tertiary/aromatic N) is 2. The molecule has 0 fully saturated rings. The van der Waals surface area contributed by atoms with Crippen LogP contribution in [-0.4, -0.2) is 28.6 Å². The minimum absolute atomic E-state index is 0.123. The number of nitrogens with one attached hydrogen (secondary N) is 3. The Morgan fingerprint density at radius 3 is 2.09 bits per heavy atom. The fraction of sp³-hybridized carbons (Fsp3) is 0.273. The summed E-state index contributed by atoms with van der Waals surface area (Å²) in [4.78, 5) is 24.9. The molecule has 2 aromatic rings. The Labute approximate surface area is 187 Å². The van der Waals surface area contributed by atoms with E-state index in [-0.39, 0.29) is 16.8 Å². The van der Waals surface area contributed by atoms with Crippen LogP contribution in [0, 0.1) is 29.6 Å². The minimum atomic E-state index is -4.81. The summed E-state index contributed by atoms with van der Waals surface area (Å²) in [6.07, 6.45) is -4.81. The molecular weight excluding hydrogens is 439 g/mol. The number of hydrazine groups is 1. The van der Waals surface area contributed by atoms with E-state index in [4.69, 9.17) is 10.5 Å². The molecule has 0 unspecified atom stereocenters.